The van der Waals surface area contributed by atoms with Gasteiger partial charge in [-0.1, -0.05) is 55.0 Å². The van der Waals surface area contributed by atoms with Gasteiger partial charge in [0.1, 0.15) is 28.5 Å². The average molecular weight is 522 g/mol. The Morgan fingerprint density at radius 1 is 1.00 bits per heavy atom. The number of hydrogen-bond donors (Lipinski definition) is 2. The van der Waals surface area contributed by atoms with E-state index in [1.54, 1.807) is 6.20 Å². The van der Waals surface area contributed by atoms with Gasteiger partial charge in [0.15, 0.2) is 0 Å². The van der Waals surface area contributed by atoms with E-state index in [2.05, 4.69) is 32.5 Å². The highest BCUT2D eigenvalue weighted by Gasteiger charge is 2.38. The molecular formula is C32H35N5O2. The number of hydrogen-bond acceptors (Lipinski definition) is 5. The van der Waals surface area contributed by atoms with Crippen molar-refractivity contribution in [2.45, 2.75) is 75.3 Å². The number of carbonyl (C=O) groups is 1. The van der Waals surface area contributed by atoms with Crippen molar-refractivity contribution < 1.29 is 9.90 Å². The van der Waals surface area contributed by atoms with Gasteiger partial charge in [-0.05, 0) is 61.6 Å². The van der Waals surface area contributed by atoms with Crippen LogP contribution in [0.25, 0.3) is 16.8 Å². The number of amides is 1. The number of aromatic nitrogens is 3. The predicted octanol–water partition coefficient (Wildman–Crippen LogP) is 5.37. The number of carbonyl (C=O) groups excluding carboxylic acids is 1. The standard InChI is InChI=1S/C32H35N5O2/c1-32(39,25-7-3-6-22(18-25)20-4-2-5-20)24-11-8-21(9-12-24)28-29-30(33)34-16-17-36(29)31(35-28)23-10-13-26-14-15-27(38)37(26)19-23/h3,6-9,11-12,16-18,20,23,26,39H,2,4-5,10,13-15,19H2,1H3,(H2,33,34)/t23-,26+,32+/m1/s1. The molecule has 7 nitrogen and oxygen atoms in total. The minimum Gasteiger partial charge on any atom is -0.382 e. The summed E-state index contributed by atoms with van der Waals surface area (Å²) in [5.41, 5.74) is 10.8. The number of fused-ring (bicyclic) bond motifs is 2. The Morgan fingerprint density at radius 3 is 2.59 bits per heavy atom. The molecule has 1 aliphatic carbocycles. The van der Waals surface area contributed by atoms with Crippen molar-refractivity contribution in [3.05, 3.63) is 83.4 Å². The maximum absolute atomic E-state index is 12.5. The second-order valence-corrected chi connectivity index (χ2v) is 11.8. The van der Waals surface area contributed by atoms with Crippen LogP contribution in [0.3, 0.4) is 0 Å². The van der Waals surface area contributed by atoms with Crippen LogP contribution >= 0.6 is 0 Å². The molecule has 0 radical (unpaired) electrons. The van der Waals surface area contributed by atoms with E-state index in [4.69, 9.17) is 10.7 Å². The van der Waals surface area contributed by atoms with Gasteiger partial charge >= 0.3 is 0 Å². The zero-order chi connectivity index (χ0) is 26.7. The highest BCUT2D eigenvalue weighted by atomic mass is 16.3. The molecule has 39 heavy (non-hydrogen) atoms. The minimum absolute atomic E-state index is 0.148. The molecule has 0 unspecified atom stereocenters. The number of imidazole rings is 1. The van der Waals surface area contributed by atoms with Crippen LogP contribution in [0.2, 0.25) is 0 Å². The van der Waals surface area contributed by atoms with Crippen molar-refractivity contribution in [3.63, 3.8) is 0 Å². The lowest BCUT2D eigenvalue weighted by Crippen LogP contribution is -2.41. The Labute approximate surface area is 228 Å². The first kappa shape index (κ1) is 24.3. The molecular weight excluding hydrogens is 486 g/mol. The summed E-state index contributed by atoms with van der Waals surface area (Å²) in [6, 6.07) is 16.8. The number of anilines is 1. The Balaban J connectivity index is 1.23. The number of piperidine rings is 1. The zero-order valence-corrected chi connectivity index (χ0v) is 22.4. The van der Waals surface area contributed by atoms with Crippen LogP contribution in [0.1, 0.15) is 86.2 Å². The van der Waals surface area contributed by atoms with Gasteiger partial charge in [-0.3, -0.25) is 9.20 Å². The SMILES string of the molecule is C[C@](O)(c1ccc(-c2nc([C@@H]3CC[C@H]4CCC(=O)N4C3)n3ccnc(N)c23)cc1)c1cccc(C2CCC2)c1. The highest BCUT2D eigenvalue weighted by Crippen LogP contribution is 2.40. The number of aliphatic hydroxyl groups is 1. The molecule has 200 valence electrons. The van der Waals surface area contributed by atoms with Gasteiger partial charge in [-0.2, -0.15) is 0 Å². The Bertz CT molecular complexity index is 1550. The molecule has 0 bridgehead atoms. The number of benzene rings is 2. The molecule has 7 rings (SSSR count). The van der Waals surface area contributed by atoms with Crippen LogP contribution in [-0.4, -0.2) is 42.9 Å². The van der Waals surface area contributed by atoms with Gasteiger partial charge in [-0.25, -0.2) is 9.97 Å². The molecule has 1 saturated carbocycles. The lowest BCUT2D eigenvalue weighted by atomic mass is 9.78. The first-order chi connectivity index (χ1) is 18.9. The van der Waals surface area contributed by atoms with Crippen molar-refractivity contribution in [3.8, 4) is 11.3 Å². The van der Waals surface area contributed by atoms with Gasteiger partial charge in [0.25, 0.3) is 0 Å². The number of nitrogens with two attached hydrogens (primary N) is 1. The number of nitrogen functional groups attached to an aromatic ring is 1. The third-order valence-corrected chi connectivity index (χ3v) is 9.44. The van der Waals surface area contributed by atoms with Crippen molar-refractivity contribution in [2.75, 3.05) is 12.3 Å². The molecule has 4 aromatic rings. The van der Waals surface area contributed by atoms with E-state index in [0.717, 1.165) is 53.0 Å². The first-order valence-electron chi connectivity index (χ1n) is 14.3. The second kappa shape index (κ2) is 9.19. The van der Waals surface area contributed by atoms with E-state index in [1.165, 1.54) is 24.8 Å². The van der Waals surface area contributed by atoms with Crippen LogP contribution < -0.4 is 5.73 Å². The average Bonchev–Trinajstić information content (AvgIpc) is 3.49. The van der Waals surface area contributed by atoms with Crippen LogP contribution in [0.4, 0.5) is 5.82 Å². The summed E-state index contributed by atoms with van der Waals surface area (Å²) in [4.78, 5) is 24.0. The molecule has 2 aromatic heterocycles. The third kappa shape index (κ3) is 4.02. The maximum atomic E-state index is 12.5. The van der Waals surface area contributed by atoms with Crippen molar-refractivity contribution in [1.82, 2.24) is 19.3 Å². The fraction of sp³-hybridized carbons (Fsp3) is 0.406. The molecule has 2 aromatic carbocycles. The largest absolute Gasteiger partial charge is 0.382 e. The summed E-state index contributed by atoms with van der Waals surface area (Å²) in [6.07, 6.45) is 11.0. The van der Waals surface area contributed by atoms with Gasteiger partial charge < -0.3 is 15.7 Å². The third-order valence-electron chi connectivity index (χ3n) is 9.44. The molecule has 2 saturated heterocycles. The Kier molecular flexibility index (Phi) is 5.74. The highest BCUT2D eigenvalue weighted by molar-refractivity contribution is 5.85. The monoisotopic (exact) mass is 521 g/mol. The molecule has 4 heterocycles. The molecule has 0 spiro atoms. The van der Waals surface area contributed by atoms with Crippen LogP contribution in [0.15, 0.2) is 60.9 Å². The molecule has 2 aliphatic heterocycles. The molecule has 1 amide bonds. The smallest absolute Gasteiger partial charge is 0.222 e. The van der Waals surface area contributed by atoms with E-state index in [-0.39, 0.29) is 11.8 Å². The predicted molar refractivity (Wildman–Crippen MR) is 151 cm³/mol. The molecule has 7 heteroatoms. The van der Waals surface area contributed by atoms with E-state index in [1.807, 2.05) is 43.5 Å². The summed E-state index contributed by atoms with van der Waals surface area (Å²) in [5, 5.41) is 11.6. The quantitative estimate of drug-likeness (QED) is 0.368. The van der Waals surface area contributed by atoms with Crippen LogP contribution in [0, 0.1) is 0 Å². The van der Waals surface area contributed by atoms with E-state index in [0.29, 0.717) is 30.7 Å². The molecule has 3 atom stereocenters. The minimum atomic E-state index is -1.11. The van der Waals surface area contributed by atoms with E-state index in [9.17, 15) is 9.90 Å². The van der Waals surface area contributed by atoms with E-state index < -0.39 is 5.60 Å². The van der Waals surface area contributed by atoms with Crippen molar-refractivity contribution in [1.29, 1.82) is 0 Å². The first-order valence-corrected chi connectivity index (χ1v) is 14.3. The molecule has 3 N–H and O–H groups in total. The fourth-order valence-corrected chi connectivity index (χ4v) is 6.81. The van der Waals surface area contributed by atoms with Gasteiger partial charge in [0, 0.05) is 42.9 Å². The second-order valence-electron chi connectivity index (χ2n) is 11.8. The summed E-state index contributed by atoms with van der Waals surface area (Å²) < 4.78 is 2.05. The lowest BCUT2D eigenvalue weighted by Gasteiger charge is -2.34. The number of rotatable bonds is 5. The summed E-state index contributed by atoms with van der Waals surface area (Å²) >= 11 is 0. The maximum Gasteiger partial charge on any atom is 0.222 e. The zero-order valence-electron chi connectivity index (χ0n) is 22.4. The Hall–Kier alpha value is -3.71. The lowest BCUT2D eigenvalue weighted by molar-refractivity contribution is -0.130. The number of nitrogens with zero attached hydrogens (tertiary/aromatic N) is 4. The summed E-state index contributed by atoms with van der Waals surface area (Å²) in [6.45, 7) is 2.57. The van der Waals surface area contributed by atoms with Gasteiger partial charge in [0.05, 0.1) is 0 Å². The van der Waals surface area contributed by atoms with Crippen LogP contribution in [0.5, 0.6) is 0 Å². The normalized spacial score (nSPS) is 23.0. The molecule has 3 aliphatic rings. The topological polar surface area (TPSA) is 96.8 Å². The van der Waals surface area contributed by atoms with Gasteiger partial charge in [-0.15, -0.1) is 0 Å². The molecule has 3 fully saturated rings. The van der Waals surface area contributed by atoms with Crippen LogP contribution in [-0.2, 0) is 10.4 Å². The summed E-state index contributed by atoms with van der Waals surface area (Å²) in [7, 11) is 0. The van der Waals surface area contributed by atoms with Gasteiger partial charge in [0.2, 0.25) is 5.91 Å². The summed E-state index contributed by atoms with van der Waals surface area (Å²) in [5.74, 6) is 2.38. The van der Waals surface area contributed by atoms with Crippen molar-refractivity contribution in [2.24, 2.45) is 0 Å². The van der Waals surface area contributed by atoms with Crippen molar-refractivity contribution >= 4 is 17.2 Å². The van der Waals surface area contributed by atoms with E-state index >= 15 is 0 Å². The fourth-order valence-electron chi connectivity index (χ4n) is 6.81. The Morgan fingerprint density at radius 2 is 1.82 bits per heavy atom.